The number of hydrogen-bond donors (Lipinski definition) is 4. The van der Waals surface area contributed by atoms with E-state index in [0.717, 1.165) is 33.5 Å². The number of amides is 1. The molecule has 1 aliphatic carbocycles. The van der Waals surface area contributed by atoms with Crippen LogP contribution in [0.25, 0.3) is 22.4 Å². The lowest BCUT2D eigenvalue weighted by Crippen LogP contribution is -2.36. The maximum Gasteiger partial charge on any atom is 0.407 e. The molecule has 0 spiro atoms. The van der Waals surface area contributed by atoms with Crippen molar-refractivity contribution in [3.8, 4) is 22.4 Å². The number of carbonyl (C=O) groups is 1. The van der Waals surface area contributed by atoms with Gasteiger partial charge in [0.15, 0.2) is 0 Å². The first kappa shape index (κ1) is 21.9. The summed E-state index contributed by atoms with van der Waals surface area (Å²) in [5.74, 6) is -0.0398. The van der Waals surface area contributed by atoms with Crippen molar-refractivity contribution in [2.45, 2.75) is 18.1 Å². The summed E-state index contributed by atoms with van der Waals surface area (Å²) in [6, 6.07) is 25.2. The van der Waals surface area contributed by atoms with Gasteiger partial charge in [0.2, 0.25) is 0 Å². The fraction of sp³-hybridized carbons (Fsp3) is 0.185. The second kappa shape index (κ2) is 9.51. The number of ether oxygens (including phenoxy) is 1. The molecule has 2 atom stereocenters. The molecular weight excluding hydrogens is 430 g/mol. The second-order valence-corrected chi connectivity index (χ2v) is 8.31. The standard InChI is InChI=1S/C27H25N3O4/c31-25(26(32)18-11-9-17(10-12-18)24-13-14-29-30-24)15-28-27(33)34-16-23-21-7-3-1-5-19(21)20-6-2-4-8-22(20)23/h1-14,23,25-26,31-32H,15-16H2,(H,28,33)(H,29,30). The number of aromatic amines is 1. The molecule has 3 aromatic carbocycles. The summed E-state index contributed by atoms with van der Waals surface area (Å²) >= 11 is 0. The summed E-state index contributed by atoms with van der Waals surface area (Å²) in [5, 5.41) is 30.2. The molecule has 1 heterocycles. The number of benzene rings is 3. The number of nitrogens with zero attached hydrogens (tertiary/aromatic N) is 1. The molecule has 0 bridgehead atoms. The normalized spacial score (nSPS) is 14.2. The third kappa shape index (κ3) is 4.31. The van der Waals surface area contributed by atoms with Crippen molar-refractivity contribution in [1.82, 2.24) is 15.5 Å². The number of nitrogens with one attached hydrogen (secondary N) is 2. The van der Waals surface area contributed by atoms with E-state index in [2.05, 4.69) is 39.8 Å². The number of hydrogen-bond acceptors (Lipinski definition) is 5. The molecule has 7 nitrogen and oxygen atoms in total. The number of fused-ring (bicyclic) bond motifs is 3. The van der Waals surface area contributed by atoms with E-state index in [0.29, 0.717) is 5.56 Å². The Bertz CT molecular complexity index is 1230. The molecule has 0 radical (unpaired) electrons. The van der Waals surface area contributed by atoms with Crippen LogP contribution in [0.1, 0.15) is 28.7 Å². The molecular formula is C27H25N3O4. The molecule has 0 aliphatic heterocycles. The smallest absolute Gasteiger partial charge is 0.407 e. The number of aromatic nitrogens is 2. The maximum atomic E-state index is 12.3. The van der Waals surface area contributed by atoms with Crippen LogP contribution in [-0.4, -0.2) is 45.8 Å². The maximum absolute atomic E-state index is 12.3. The van der Waals surface area contributed by atoms with Gasteiger partial charge in [-0.1, -0.05) is 72.8 Å². The first-order valence-corrected chi connectivity index (χ1v) is 11.2. The summed E-state index contributed by atoms with van der Waals surface area (Å²) in [7, 11) is 0. The lowest BCUT2D eigenvalue weighted by molar-refractivity contribution is 0.0185. The van der Waals surface area contributed by atoms with Crippen molar-refractivity contribution in [2.75, 3.05) is 13.2 Å². The van der Waals surface area contributed by atoms with Crippen LogP contribution in [0.15, 0.2) is 85.1 Å². The summed E-state index contributed by atoms with van der Waals surface area (Å²) in [6.45, 7) is 0.0493. The van der Waals surface area contributed by atoms with E-state index in [1.807, 2.05) is 42.5 Å². The van der Waals surface area contributed by atoms with Gasteiger partial charge in [-0.3, -0.25) is 5.10 Å². The van der Waals surface area contributed by atoms with Crippen LogP contribution < -0.4 is 5.32 Å². The summed E-state index contributed by atoms with van der Waals surface area (Å²) in [6.07, 6.45) is -1.30. The Kier molecular flexibility index (Phi) is 6.12. The summed E-state index contributed by atoms with van der Waals surface area (Å²) < 4.78 is 5.48. The number of alkyl carbamates (subject to hydrolysis) is 1. The molecule has 0 fully saturated rings. The van der Waals surface area contributed by atoms with Crippen LogP contribution >= 0.6 is 0 Å². The lowest BCUT2D eigenvalue weighted by atomic mass is 9.98. The van der Waals surface area contributed by atoms with Crippen molar-refractivity contribution in [1.29, 1.82) is 0 Å². The molecule has 4 aromatic rings. The molecule has 0 saturated carbocycles. The van der Waals surface area contributed by atoms with Gasteiger partial charge in [0.05, 0.1) is 5.69 Å². The molecule has 7 heteroatoms. The third-order valence-corrected chi connectivity index (χ3v) is 6.23. The zero-order valence-corrected chi connectivity index (χ0v) is 18.4. The van der Waals surface area contributed by atoms with Crippen molar-refractivity contribution in [3.05, 3.63) is 102 Å². The Morgan fingerprint density at radius 1 is 0.941 bits per heavy atom. The van der Waals surface area contributed by atoms with Gasteiger partial charge in [-0.2, -0.15) is 5.10 Å². The third-order valence-electron chi connectivity index (χ3n) is 6.23. The van der Waals surface area contributed by atoms with Gasteiger partial charge < -0.3 is 20.3 Å². The number of carbonyl (C=O) groups excluding carboxylic acids is 1. The zero-order valence-electron chi connectivity index (χ0n) is 18.4. The van der Waals surface area contributed by atoms with Crippen LogP contribution in [0.3, 0.4) is 0 Å². The SMILES string of the molecule is O=C(NCC(O)C(O)c1ccc(-c2ccn[nH]2)cc1)OCC1c2ccccc2-c2ccccc21. The first-order valence-electron chi connectivity index (χ1n) is 11.2. The zero-order chi connectivity index (χ0) is 23.5. The molecule has 34 heavy (non-hydrogen) atoms. The van der Waals surface area contributed by atoms with Crippen molar-refractivity contribution < 1.29 is 19.7 Å². The van der Waals surface area contributed by atoms with E-state index < -0.39 is 18.3 Å². The Hall–Kier alpha value is -3.94. The minimum Gasteiger partial charge on any atom is -0.449 e. The molecule has 1 amide bonds. The average Bonchev–Trinajstić information content (AvgIpc) is 3.53. The van der Waals surface area contributed by atoms with Crippen LogP contribution in [0.4, 0.5) is 4.79 Å². The molecule has 1 aromatic heterocycles. The van der Waals surface area contributed by atoms with Crippen LogP contribution in [0, 0.1) is 0 Å². The van der Waals surface area contributed by atoms with E-state index in [4.69, 9.17) is 4.74 Å². The van der Waals surface area contributed by atoms with Gasteiger partial charge in [-0.15, -0.1) is 0 Å². The minimum atomic E-state index is -1.18. The lowest BCUT2D eigenvalue weighted by Gasteiger charge is -2.19. The van der Waals surface area contributed by atoms with Crippen molar-refractivity contribution >= 4 is 6.09 Å². The second-order valence-electron chi connectivity index (χ2n) is 8.31. The number of H-pyrrole nitrogens is 1. The molecule has 4 N–H and O–H groups in total. The minimum absolute atomic E-state index is 0.0398. The number of rotatable bonds is 7. The van der Waals surface area contributed by atoms with E-state index in [1.165, 1.54) is 0 Å². The highest BCUT2D eigenvalue weighted by molar-refractivity contribution is 5.79. The number of aliphatic hydroxyl groups excluding tert-OH is 2. The van der Waals surface area contributed by atoms with E-state index in [9.17, 15) is 15.0 Å². The van der Waals surface area contributed by atoms with Gasteiger partial charge in [-0.25, -0.2) is 4.79 Å². The fourth-order valence-electron chi connectivity index (χ4n) is 4.45. The number of aliphatic hydroxyl groups is 2. The summed E-state index contributed by atoms with van der Waals surface area (Å²) in [4.78, 5) is 12.3. The van der Waals surface area contributed by atoms with E-state index in [-0.39, 0.29) is 19.1 Å². The van der Waals surface area contributed by atoms with Gasteiger partial charge >= 0.3 is 6.09 Å². The Morgan fingerprint density at radius 2 is 1.59 bits per heavy atom. The largest absolute Gasteiger partial charge is 0.449 e. The molecule has 2 unspecified atom stereocenters. The average molecular weight is 456 g/mol. The van der Waals surface area contributed by atoms with Gasteiger partial charge in [0.1, 0.15) is 18.8 Å². The molecule has 5 rings (SSSR count). The highest BCUT2D eigenvalue weighted by Crippen LogP contribution is 2.44. The van der Waals surface area contributed by atoms with Gasteiger partial charge in [0, 0.05) is 18.7 Å². The first-order chi connectivity index (χ1) is 16.6. The topological polar surface area (TPSA) is 107 Å². The molecule has 172 valence electrons. The van der Waals surface area contributed by atoms with Crippen molar-refractivity contribution in [3.63, 3.8) is 0 Å². The monoisotopic (exact) mass is 455 g/mol. The Labute approximate surface area is 197 Å². The summed E-state index contributed by atoms with van der Waals surface area (Å²) in [5.41, 5.74) is 6.90. The van der Waals surface area contributed by atoms with Gasteiger partial charge in [-0.05, 0) is 39.4 Å². The quantitative estimate of drug-likeness (QED) is 0.337. The van der Waals surface area contributed by atoms with E-state index >= 15 is 0 Å². The van der Waals surface area contributed by atoms with Crippen LogP contribution in [0.2, 0.25) is 0 Å². The van der Waals surface area contributed by atoms with Crippen LogP contribution in [-0.2, 0) is 4.74 Å². The van der Waals surface area contributed by atoms with Crippen molar-refractivity contribution in [2.24, 2.45) is 0 Å². The Morgan fingerprint density at radius 3 is 2.21 bits per heavy atom. The predicted octanol–water partition coefficient (Wildman–Crippen LogP) is 4.01. The predicted molar refractivity (Wildman–Crippen MR) is 128 cm³/mol. The van der Waals surface area contributed by atoms with Gasteiger partial charge in [0.25, 0.3) is 0 Å². The van der Waals surface area contributed by atoms with Crippen LogP contribution in [0.5, 0.6) is 0 Å². The highest BCUT2D eigenvalue weighted by Gasteiger charge is 2.29. The van der Waals surface area contributed by atoms with E-state index in [1.54, 1.807) is 18.3 Å². The Balaban J connectivity index is 1.15. The molecule has 1 aliphatic rings. The molecule has 0 saturated heterocycles. The fourth-order valence-corrected chi connectivity index (χ4v) is 4.45. The highest BCUT2D eigenvalue weighted by atomic mass is 16.5.